The largest absolute Gasteiger partial charge is 0.496 e. The van der Waals surface area contributed by atoms with Gasteiger partial charge in [0.2, 0.25) is 12.3 Å². The molecule has 2 fully saturated rings. The Balaban J connectivity index is 0.000000233. The van der Waals surface area contributed by atoms with Gasteiger partial charge in [0, 0.05) is 55.7 Å². The number of rotatable bonds is 15. The fourth-order valence-electron chi connectivity index (χ4n) is 5.40. The van der Waals surface area contributed by atoms with Gasteiger partial charge in [0.05, 0.1) is 24.0 Å². The third-order valence-corrected chi connectivity index (χ3v) is 11.0. The second-order valence-corrected chi connectivity index (χ2v) is 16.2. The van der Waals surface area contributed by atoms with Crippen LogP contribution in [0.3, 0.4) is 0 Å². The molecular weight excluding hydrogens is 721 g/mol. The van der Waals surface area contributed by atoms with Crippen LogP contribution in [0.5, 0.6) is 5.75 Å². The minimum absolute atomic E-state index is 0.00389. The van der Waals surface area contributed by atoms with Gasteiger partial charge >= 0.3 is 10.2 Å². The number of pyridine rings is 1. The highest BCUT2D eigenvalue weighted by atomic mass is 32.2. The second-order valence-electron chi connectivity index (χ2n) is 13.4. The lowest BCUT2D eigenvalue weighted by molar-refractivity contribution is -0.147. The summed E-state index contributed by atoms with van der Waals surface area (Å²) >= 11 is 1.55. The van der Waals surface area contributed by atoms with Crippen LogP contribution in [0.1, 0.15) is 82.9 Å². The molecule has 2 aliphatic rings. The van der Waals surface area contributed by atoms with Crippen molar-refractivity contribution in [3.63, 3.8) is 0 Å². The molecule has 3 heterocycles. The summed E-state index contributed by atoms with van der Waals surface area (Å²) in [5, 5.41) is 6.55. The van der Waals surface area contributed by atoms with Gasteiger partial charge in [0.25, 0.3) is 5.91 Å². The number of aromatic amines is 1. The number of nitrogens with zero attached hydrogens (tertiary/aromatic N) is 3. The van der Waals surface area contributed by atoms with Crippen molar-refractivity contribution in [3.05, 3.63) is 57.7 Å². The summed E-state index contributed by atoms with van der Waals surface area (Å²) in [7, 11) is 0.748. The van der Waals surface area contributed by atoms with Gasteiger partial charge in [0.1, 0.15) is 22.9 Å². The fraction of sp³-hybridized carbons (Fsp3) is 0.541. The van der Waals surface area contributed by atoms with Crippen LogP contribution >= 0.6 is 11.3 Å². The van der Waals surface area contributed by atoms with E-state index in [1.54, 1.807) is 47.1 Å². The number of aromatic nitrogens is 2. The van der Waals surface area contributed by atoms with E-state index in [0.717, 1.165) is 82.5 Å². The van der Waals surface area contributed by atoms with Crippen LogP contribution in [0.2, 0.25) is 0 Å². The molecule has 1 saturated heterocycles. The summed E-state index contributed by atoms with van der Waals surface area (Å²) in [6.07, 6.45) is 8.25. The molecule has 1 saturated carbocycles. The topological polar surface area (TPSA) is 180 Å². The number of nitrogens with one attached hydrogen (secondary N) is 3. The van der Waals surface area contributed by atoms with Crippen LogP contribution in [0.4, 0.5) is 0 Å². The van der Waals surface area contributed by atoms with E-state index in [4.69, 9.17) is 9.47 Å². The van der Waals surface area contributed by atoms with Crippen LogP contribution in [0, 0.1) is 6.92 Å². The Hall–Kier alpha value is -4.12. The minimum atomic E-state index is -3.53. The molecule has 3 N–H and O–H groups in total. The summed E-state index contributed by atoms with van der Waals surface area (Å²) in [6.45, 7) is 12.9. The maximum absolute atomic E-state index is 12.5. The van der Waals surface area contributed by atoms with E-state index in [0.29, 0.717) is 30.5 Å². The maximum atomic E-state index is 12.5. The zero-order valence-corrected chi connectivity index (χ0v) is 33.4. The number of allylic oxidation sites excluding steroid dienone is 1. The van der Waals surface area contributed by atoms with Crippen LogP contribution in [0.15, 0.2) is 41.0 Å². The third-order valence-electron chi connectivity index (χ3n) is 8.74. The van der Waals surface area contributed by atoms with Crippen molar-refractivity contribution < 1.29 is 32.3 Å². The van der Waals surface area contributed by atoms with Gasteiger partial charge in [0.15, 0.2) is 5.43 Å². The van der Waals surface area contributed by atoms with Crippen molar-refractivity contribution in [2.24, 2.45) is 0 Å². The first-order valence-corrected chi connectivity index (χ1v) is 20.1. The van der Waals surface area contributed by atoms with Crippen LogP contribution in [-0.2, 0) is 29.3 Å². The molecule has 1 aliphatic carbocycles. The number of carbonyl (C=O) groups is 3. The Morgan fingerprint density at radius 2 is 1.91 bits per heavy atom. The molecule has 3 amide bonds. The summed E-state index contributed by atoms with van der Waals surface area (Å²) in [6, 6.07) is 5.28. The van der Waals surface area contributed by atoms with Crippen molar-refractivity contribution in [1.82, 2.24) is 29.2 Å². The molecule has 1 unspecified atom stereocenters. The SMILES string of the molecule is C=CCCCCO[C@H](C)C(=O)N1CCCC1C(=O)NC1CC1.CN(C)S(=O)(=O)NC=O.COc1ccc2c(=O)cc(-c3nc(C(C)C)cs3)[nH]c2c1C. The number of ether oxygens (including phenoxy) is 2. The molecule has 2 atom stereocenters. The molecule has 0 spiro atoms. The number of unbranched alkanes of at least 4 members (excludes halogenated alkanes) is 2. The number of H-pyrrole nitrogens is 1. The number of hydrogen-bond donors (Lipinski definition) is 3. The van der Waals surface area contributed by atoms with Crippen LogP contribution in [0.25, 0.3) is 21.6 Å². The molecule has 292 valence electrons. The Kier molecular flexibility index (Phi) is 16.6. The normalized spacial score (nSPS) is 15.9. The number of hydrogen-bond acceptors (Lipinski definition) is 10. The lowest BCUT2D eigenvalue weighted by atomic mass is 10.1. The molecular formula is C37H54N6O8S2. The highest BCUT2D eigenvalue weighted by Crippen LogP contribution is 2.29. The first-order valence-electron chi connectivity index (χ1n) is 17.8. The van der Waals surface area contributed by atoms with Crippen molar-refractivity contribution in [2.75, 3.05) is 34.4 Å². The molecule has 16 heteroatoms. The zero-order valence-electron chi connectivity index (χ0n) is 31.8. The van der Waals surface area contributed by atoms with Gasteiger partial charge in [-0.2, -0.15) is 12.7 Å². The monoisotopic (exact) mass is 774 g/mol. The lowest BCUT2D eigenvalue weighted by Crippen LogP contribution is -2.49. The van der Waals surface area contributed by atoms with Crippen LogP contribution in [-0.4, -0.2) is 98.4 Å². The van der Waals surface area contributed by atoms with E-state index in [-0.39, 0.29) is 29.7 Å². The predicted molar refractivity (Wildman–Crippen MR) is 208 cm³/mol. The second kappa shape index (κ2) is 20.4. The molecule has 1 aliphatic heterocycles. The van der Waals surface area contributed by atoms with Crippen LogP contribution < -0.4 is 20.2 Å². The fourth-order valence-corrected chi connectivity index (χ4v) is 6.68. The molecule has 5 rings (SSSR count). The van der Waals surface area contributed by atoms with E-state index in [1.807, 2.05) is 24.4 Å². The van der Waals surface area contributed by atoms with E-state index < -0.39 is 16.3 Å². The maximum Gasteiger partial charge on any atom is 0.303 e. The molecule has 0 bridgehead atoms. The van der Waals surface area contributed by atoms with E-state index in [1.165, 1.54) is 14.1 Å². The number of amides is 3. The first-order chi connectivity index (χ1) is 25.1. The Morgan fingerprint density at radius 1 is 1.19 bits per heavy atom. The van der Waals surface area contributed by atoms with Crippen molar-refractivity contribution >= 4 is 50.7 Å². The third kappa shape index (κ3) is 12.5. The quantitative estimate of drug-likeness (QED) is 0.113. The van der Waals surface area contributed by atoms with Crippen molar-refractivity contribution in [1.29, 1.82) is 0 Å². The minimum Gasteiger partial charge on any atom is -0.496 e. The predicted octanol–water partition coefficient (Wildman–Crippen LogP) is 4.65. The molecule has 14 nitrogen and oxygen atoms in total. The Bertz CT molecular complexity index is 1870. The molecule has 1 aromatic carbocycles. The lowest BCUT2D eigenvalue weighted by Gasteiger charge is -2.26. The van der Waals surface area contributed by atoms with E-state index >= 15 is 0 Å². The Morgan fingerprint density at radius 3 is 2.47 bits per heavy atom. The summed E-state index contributed by atoms with van der Waals surface area (Å²) < 4.78 is 34.5. The number of carbonyl (C=O) groups excluding carboxylic acids is 3. The number of benzene rings is 1. The summed E-state index contributed by atoms with van der Waals surface area (Å²) in [4.78, 5) is 56.4. The molecule has 2 aromatic heterocycles. The van der Waals surface area contributed by atoms with E-state index in [9.17, 15) is 27.6 Å². The highest BCUT2D eigenvalue weighted by Gasteiger charge is 2.38. The number of aryl methyl sites for hydroxylation is 1. The highest BCUT2D eigenvalue weighted by molar-refractivity contribution is 7.87. The summed E-state index contributed by atoms with van der Waals surface area (Å²) in [5.74, 6) is 1.09. The number of fused-ring (bicyclic) bond motifs is 1. The van der Waals surface area contributed by atoms with Gasteiger partial charge in [-0.25, -0.2) is 9.71 Å². The average molecular weight is 775 g/mol. The van der Waals surface area contributed by atoms with Gasteiger partial charge in [-0.05, 0) is 76.8 Å². The standard InChI is InChI=1S/C17H28N2O3.C17H18N2O2S.C3H8N2O3S/c1-3-4-5-6-12-22-13(2)17(21)19-11-7-8-15(19)16(20)18-14-9-10-14;1-9(2)13-8-22-17(19-13)12-7-14(20)11-5-6-15(21-4)10(3)16(11)18-12;1-5(2)9(7,8)4-3-6/h3,13-15H,1,4-12H2,2H3,(H,18,20);5-9H,1-4H3,(H,18,20);3H,1-2H3,(H,4,6)/t13-,15?;;/m1../s1. The van der Waals surface area contributed by atoms with E-state index in [2.05, 4.69) is 35.7 Å². The van der Waals surface area contributed by atoms with Crippen molar-refractivity contribution in [2.45, 2.75) is 96.7 Å². The molecule has 0 radical (unpaired) electrons. The van der Waals surface area contributed by atoms with Gasteiger partial charge in [-0.3, -0.25) is 19.2 Å². The average Bonchev–Trinajstić information content (AvgIpc) is 3.56. The van der Waals surface area contributed by atoms with Gasteiger partial charge < -0.3 is 24.7 Å². The number of methoxy groups -OCH3 is 1. The van der Waals surface area contributed by atoms with Gasteiger partial charge in [-0.1, -0.05) is 19.9 Å². The van der Waals surface area contributed by atoms with Crippen molar-refractivity contribution in [3.8, 4) is 16.5 Å². The number of thiazole rings is 1. The first kappa shape index (κ1) is 43.3. The molecule has 3 aromatic rings. The summed E-state index contributed by atoms with van der Waals surface area (Å²) in [5.41, 5.74) is 3.53. The van der Waals surface area contributed by atoms with Gasteiger partial charge in [-0.15, -0.1) is 17.9 Å². The Labute approximate surface area is 316 Å². The zero-order chi connectivity index (χ0) is 39.3. The number of likely N-dealkylation sites (tertiary alicyclic amines) is 1. The smallest absolute Gasteiger partial charge is 0.303 e. The molecule has 53 heavy (non-hydrogen) atoms.